The van der Waals surface area contributed by atoms with Gasteiger partial charge in [0, 0.05) is 33.0 Å². The van der Waals surface area contributed by atoms with Crippen LogP contribution in [-0.4, -0.2) is 26.8 Å². The summed E-state index contributed by atoms with van der Waals surface area (Å²) >= 11 is 1.84. The molecule has 9 heteroatoms. The Morgan fingerprint density at radius 2 is 1.68 bits per heavy atom. The van der Waals surface area contributed by atoms with E-state index in [0.717, 1.165) is 41.3 Å². The fraction of sp³-hybridized carbons (Fsp3) is 0.310. The summed E-state index contributed by atoms with van der Waals surface area (Å²) in [5, 5.41) is 0. The minimum absolute atomic E-state index is 0.0259. The molecule has 5 nitrogen and oxygen atoms in total. The molecule has 0 saturated heterocycles. The Morgan fingerprint density at radius 1 is 0.921 bits per heavy atom. The van der Waals surface area contributed by atoms with Gasteiger partial charge in [0.25, 0.3) is 0 Å². The third-order valence-electron chi connectivity index (χ3n) is 5.71. The lowest BCUT2D eigenvalue weighted by Crippen LogP contribution is -2.06. The van der Waals surface area contributed by atoms with Crippen LogP contribution in [0.4, 0.5) is 13.2 Å². The van der Waals surface area contributed by atoms with Crippen LogP contribution >= 0.6 is 11.8 Å². The molecule has 0 atom stereocenters. The number of pyridine rings is 1. The first-order valence-corrected chi connectivity index (χ1v) is 13.0. The SMILES string of the molecule is CCc1cc(SC(C)(C)C)ccc1-c1ncc(-c2ccc(OCc3ccc(C(F)(F)F)cn3)cc2OC)[nH]1. The van der Waals surface area contributed by atoms with E-state index in [-0.39, 0.29) is 11.4 Å². The van der Waals surface area contributed by atoms with Crippen molar-refractivity contribution < 1.29 is 22.6 Å². The Balaban J connectivity index is 1.51. The van der Waals surface area contributed by atoms with E-state index in [1.165, 1.54) is 16.5 Å². The molecule has 0 saturated carbocycles. The van der Waals surface area contributed by atoms with Crippen molar-refractivity contribution in [1.82, 2.24) is 15.0 Å². The molecule has 2 heterocycles. The molecule has 2 aromatic heterocycles. The van der Waals surface area contributed by atoms with Gasteiger partial charge in [0.2, 0.25) is 0 Å². The number of imidazole rings is 1. The van der Waals surface area contributed by atoms with Crippen LogP contribution < -0.4 is 9.47 Å². The molecule has 4 aromatic rings. The fourth-order valence-electron chi connectivity index (χ4n) is 3.92. The maximum absolute atomic E-state index is 12.7. The number of ether oxygens (including phenoxy) is 2. The zero-order chi connectivity index (χ0) is 27.5. The van der Waals surface area contributed by atoms with Crippen LogP contribution in [0.3, 0.4) is 0 Å². The summed E-state index contributed by atoms with van der Waals surface area (Å²) in [4.78, 5) is 13.1. The van der Waals surface area contributed by atoms with Crippen molar-refractivity contribution in [1.29, 1.82) is 0 Å². The van der Waals surface area contributed by atoms with E-state index in [1.54, 1.807) is 25.4 Å². The fourth-order valence-corrected chi connectivity index (χ4v) is 4.97. The molecule has 0 radical (unpaired) electrons. The topological polar surface area (TPSA) is 60.0 Å². The highest BCUT2D eigenvalue weighted by Crippen LogP contribution is 2.37. The van der Waals surface area contributed by atoms with Crippen LogP contribution in [-0.2, 0) is 19.2 Å². The van der Waals surface area contributed by atoms with Crippen molar-refractivity contribution in [3.05, 3.63) is 77.7 Å². The number of alkyl halides is 3. The second-order valence-electron chi connectivity index (χ2n) is 9.72. The summed E-state index contributed by atoms with van der Waals surface area (Å²) in [5.74, 6) is 1.86. The van der Waals surface area contributed by atoms with Gasteiger partial charge in [0.15, 0.2) is 0 Å². The monoisotopic (exact) mass is 541 g/mol. The minimum atomic E-state index is -4.42. The highest BCUT2D eigenvalue weighted by atomic mass is 32.2. The highest BCUT2D eigenvalue weighted by molar-refractivity contribution is 8.00. The molecule has 0 amide bonds. The quantitative estimate of drug-likeness (QED) is 0.228. The minimum Gasteiger partial charge on any atom is -0.496 e. The lowest BCUT2D eigenvalue weighted by atomic mass is 10.0. The number of methoxy groups -OCH3 is 1. The van der Waals surface area contributed by atoms with Crippen LogP contribution in [0.25, 0.3) is 22.6 Å². The number of thioether (sulfide) groups is 1. The molecule has 0 fully saturated rings. The molecular formula is C29H30F3N3O2S. The van der Waals surface area contributed by atoms with Crippen LogP contribution in [0.2, 0.25) is 0 Å². The Hall–Kier alpha value is -3.46. The first-order valence-electron chi connectivity index (χ1n) is 12.2. The molecule has 1 N–H and O–H groups in total. The van der Waals surface area contributed by atoms with E-state index in [2.05, 4.69) is 60.8 Å². The maximum atomic E-state index is 12.7. The number of rotatable bonds is 8. The number of nitrogens with zero attached hydrogens (tertiary/aromatic N) is 2. The van der Waals surface area contributed by atoms with Gasteiger partial charge >= 0.3 is 6.18 Å². The van der Waals surface area contributed by atoms with E-state index < -0.39 is 11.7 Å². The summed E-state index contributed by atoms with van der Waals surface area (Å²) < 4.78 is 49.7. The molecule has 2 aromatic carbocycles. The van der Waals surface area contributed by atoms with Crippen LogP contribution in [0.1, 0.15) is 44.5 Å². The van der Waals surface area contributed by atoms with E-state index in [4.69, 9.17) is 9.47 Å². The summed E-state index contributed by atoms with van der Waals surface area (Å²) in [5.41, 5.74) is 3.47. The molecule has 0 aliphatic heterocycles. The van der Waals surface area contributed by atoms with Crippen molar-refractivity contribution in [2.75, 3.05) is 7.11 Å². The molecular weight excluding hydrogens is 511 g/mol. The molecule has 0 spiro atoms. The van der Waals surface area contributed by atoms with Gasteiger partial charge in [-0.25, -0.2) is 4.98 Å². The smallest absolute Gasteiger partial charge is 0.417 e. The van der Waals surface area contributed by atoms with Gasteiger partial charge < -0.3 is 14.5 Å². The average Bonchev–Trinajstić information content (AvgIpc) is 3.35. The Bertz CT molecular complexity index is 1390. The van der Waals surface area contributed by atoms with Gasteiger partial charge in [0.1, 0.15) is 23.9 Å². The second-order valence-corrected chi connectivity index (χ2v) is 11.6. The second kappa shape index (κ2) is 11.1. The van der Waals surface area contributed by atoms with E-state index in [1.807, 2.05) is 17.8 Å². The number of aromatic nitrogens is 3. The van der Waals surface area contributed by atoms with Gasteiger partial charge in [-0.3, -0.25) is 4.98 Å². The number of H-pyrrole nitrogens is 1. The van der Waals surface area contributed by atoms with Crippen LogP contribution in [0, 0.1) is 0 Å². The van der Waals surface area contributed by atoms with Crippen molar-refractivity contribution >= 4 is 11.8 Å². The van der Waals surface area contributed by atoms with Crippen molar-refractivity contribution in [2.24, 2.45) is 0 Å². The zero-order valence-corrected chi connectivity index (χ0v) is 22.8. The van der Waals surface area contributed by atoms with Crippen molar-refractivity contribution in [3.8, 4) is 34.1 Å². The number of aromatic amines is 1. The number of hydrogen-bond donors (Lipinski definition) is 1. The lowest BCUT2D eigenvalue weighted by Gasteiger charge is -2.18. The maximum Gasteiger partial charge on any atom is 0.417 e. The number of nitrogens with one attached hydrogen (secondary N) is 1. The first kappa shape index (κ1) is 27.6. The van der Waals surface area contributed by atoms with Gasteiger partial charge in [-0.2, -0.15) is 13.2 Å². The van der Waals surface area contributed by atoms with Crippen molar-refractivity contribution in [2.45, 2.75) is 56.5 Å². The average molecular weight is 542 g/mol. The Kier molecular flexibility index (Phi) is 8.06. The predicted octanol–water partition coefficient (Wildman–Crippen LogP) is 8.20. The van der Waals surface area contributed by atoms with E-state index in [9.17, 15) is 13.2 Å². The van der Waals surface area contributed by atoms with Crippen LogP contribution in [0.5, 0.6) is 11.5 Å². The first-order chi connectivity index (χ1) is 18.0. The molecule has 0 aliphatic carbocycles. The predicted molar refractivity (Wildman–Crippen MR) is 145 cm³/mol. The Morgan fingerprint density at radius 3 is 2.32 bits per heavy atom. The van der Waals surface area contributed by atoms with Gasteiger partial charge in [-0.05, 0) is 54.4 Å². The Labute approximate surface area is 224 Å². The number of halogens is 3. The normalized spacial score (nSPS) is 12.0. The lowest BCUT2D eigenvalue weighted by molar-refractivity contribution is -0.137. The van der Waals surface area contributed by atoms with E-state index >= 15 is 0 Å². The summed E-state index contributed by atoms with van der Waals surface area (Å²) in [7, 11) is 1.57. The molecule has 0 bridgehead atoms. The standard InChI is InChI=1S/C29H30F3N3O2S/c1-6-18-13-22(38-28(2,3)4)10-12-23(18)27-34-16-25(35-27)24-11-9-21(14-26(24)36-5)37-17-20-8-7-19(15-33-20)29(30,31)32/h7-16H,6,17H2,1-5H3,(H,34,35). The van der Waals surface area contributed by atoms with Gasteiger partial charge in [0.05, 0.1) is 30.3 Å². The molecule has 38 heavy (non-hydrogen) atoms. The van der Waals surface area contributed by atoms with Gasteiger partial charge in [-0.15, -0.1) is 11.8 Å². The highest BCUT2D eigenvalue weighted by Gasteiger charge is 2.30. The number of hydrogen-bond acceptors (Lipinski definition) is 5. The molecule has 0 unspecified atom stereocenters. The number of aryl methyl sites for hydroxylation is 1. The van der Waals surface area contributed by atoms with Crippen LogP contribution in [0.15, 0.2) is 65.8 Å². The summed E-state index contributed by atoms with van der Waals surface area (Å²) in [6, 6.07) is 14.1. The largest absolute Gasteiger partial charge is 0.496 e. The molecule has 0 aliphatic rings. The summed E-state index contributed by atoms with van der Waals surface area (Å²) in [6.45, 7) is 8.76. The van der Waals surface area contributed by atoms with E-state index in [0.29, 0.717) is 17.2 Å². The summed E-state index contributed by atoms with van der Waals surface area (Å²) in [6.07, 6.45) is -0.960. The van der Waals surface area contributed by atoms with Crippen molar-refractivity contribution in [3.63, 3.8) is 0 Å². The molecule has 4 rings (SSSR count). The third kappa shape index (κ3) is 6.69. The molecule has 200 valence electrons. The third-order valence-corrected chi connectivity index (χ3v) is 6.82. The van der Waals surface area contributed by atoms with Gasteiger partial charge in [-0.1, -0.05) is 27.7 Å². The number of benzene rings is 2. The zero-order valence-electron chi connectivity index (χ0n) is 21.9.